The van der Waals surface area contributed by atoms with Crippen LogP contribution >= 0.6 is 0 Å². The van der Waals surface area contributed by atoms with Gasteiger partial charge in [-0.1, -0.05) is 12.1 Å². The summed E-state index contributed by atoms with van der Waals surface area (Å²) >= 11 is 0. The lowest BCUT2D eigenvalue weighted by atomic mass is 10.0. The Morgan fingerprint density at radius 3 is 2.42 bits per heavy atom. The zero-order chi connectivity index (χ0) is 14.3. The van der Waals surface area contributed by atoms with Gasteiger partial charge in [-0.2, -0.15) is 0 Å². The summed E-state index contributed by atoms with van der Waals surface area (Å²) in [6, 6.07) is 6.92. The maximum atomic E-state index is 10.9. The molecule has 1 atom stereocenters. The number of methoxy groups -OCH3 is 1. The van der Waals surface area contributed by atoms with Crippen molar-refractivity contribution in [2.45, 2.75) is 25.7 Å². The number of benzene rings is 1. The summed E-state index contributed by atoms with van der Waals surface area (Å²) in [6.45, 7) is 2.05. The average molecular weight is 266 g/mol. The van der Waals surface area contributed by atoms with Crippen molar-refractivity contribution in [1.82, 2.24) is 0 Å². The summed E-state index contributed by atoms with van der Waals surface area (Å²) in [4.78, 5) is 21.7. The van der Waals surface area contributed by atoms with E-state index in [4.69, 9.17) is 9.84 Å². The Balaban J connectivity index is 2.40. The number of rotatable bonds is 7. The molecule has 19 heavy (non-hydrogen) atoms. The van der Waals surface area contributed by atoms with Crippen molar-refractivity contribution in [3.63, 3.8) is 0 Å². The molecule has 0 saturated carbocycles. The molecule has 0 saturated heterocycles. The molecule has 0 heterocycles. The van der Waals surface area contributed by atoms with Gasteiger partial charge in [0.2, 0.25) is 0 Å². The molecule has 0 aliphatic heterocycles. The predicted molar refractivity (Wildman–Crippen MR) is 69.2 cm³/mol. The topological polar surface area (TPSA) is 72.8 Å². The third-order valence-electron chi connectivity index (χ3n) is 2.77. The Bertz CT molecular complexity index is 424. The van der Waals surface area contributed by atoms with Gasteiger partial charge < -0.3 is 14.6 Å². The second-order valence-corrected chi connectivity index (χ2v) is 4.16. The van der Waals surface area contributed by atoms with Crippen LogP contribution in [-0.2, 0) is 14.3 Å². The van der Waals surface area contributed by atoms with Crippen LogP contribution in [0.25, 0.3) is 0 Å². The van der Waals surface area contributed by atoms with Crippen molar-refractivity contribution in [3.05, 3.63) is 29.8 Å². The predicted octanol–water partition coefficient (Wildman–Crippen LogP) is 2.21. The molecule has 1 N–H and O–H groups in total. The number of carboxylic acids is 1. The molecule has 1 aromatic carbocycles. The first-order valence-electron chi connectivity index (χ1n) is 6.07. The van der Waals surface area contributed by atoms with E-state index < -0.39 is 11.9 Å². The van der Waals surface area contributed by atoms with Crippen molar-refractivity contribution in [1.29, 1.82) is 0 Å². The van der Waals surface area contributed by atoms with E-state index >= 15 is 0 Å². The highest BCUT2D eigenvalue weighted by molar-refractivity contribution is 5.75. The fraction of sp³-hybridized carbons (Fsp3) is 0.429. The first kappa shape index (κ1) is 15.0. The lowest BCUT2D eigenvalue weighted by molar-refractivity contribution is -0.141. The minimum absolute atomic E-state index is 0.255. The van der Waals surface area contributed by atoms with Gasteiger partial charge in [0.25, 0.3) is 0 Å². The van der Waals surface area contributed by atoms with Gasteiger partial charge in [-0.05, 0) is 31.0 Å². The van der Waals surface area contributed by atoms with Crippen LogP contribution in [0, 0.1) is 0 Å². The molecule has 5 heteroatoms. The van der Waals surface area contributed by atoms with Crippen LogP contribution in [0.4, 0.5) is 0 Å². The summed E-state index contributed by atoms with van der Waals surface area (Å²) in [5, 5.41) is 8.88. The van der Waals surface area contributed by atoms with Gasteiger partial charge in [-0.3, -0.25) is 9.59 Å². The monoisotopic (exact) mass is 266 g/mol. The molecule has 0 aliphatic rings. The average Bonchev–Trinajstić information content (AvgIpc) is 2.43. The van der Waals surface area contributed by atoms with Gasteiger partial charge in [-0.25, -0.2) is 0 Å². The lowest BCUT2D eigenvalue weighted by Crippen LogP contribution is -2.07. The quantitative estimate of drug-likeness (QED) is 0.605. The number of esters is 1. The molecule has 0 aliphatic carbocycles. The third kappa shape index (κ3) is 4.99. The largest absolute Gasteiger partial charge is 0.494 e. The standard InChI is InChI=1S/C14H18O5/c1-10(14(16)17)11-5-7-12(8-6-11)19-9-3-4-13(15)18-2/h5-8,10H,3-4,9H2,1-2H3,(H,16,17). The van der Waals surface area contributed by atoms with Crippen LogP contribution < -0.4 is 4.74 Å². The molecule has 1 rings (SSSR count). The Hall–Kier alpha value is -2.04. The van der Waals surface area contributed by atoms with Crippen LogP contribution in [0.3, 0.4) is 0 Å². The van der Waals surface area contributed by atoms with Crippen molar-refractivity contribution < 1.29 is 24.2 Å². The van der Waals surface area contributed by atoms with E-state index in [-0.39, 0.29) is 5.97 Å². The first-order valence-corrected chi connectivity index (χ1v) is 6.07. The Kier molecular flexibility index (Phi) is 5.85. The summed E-state index contributed by atoms with van der Waals surface area (Å²) in [5.41, 5.74) is 0.731. The Morgan fingerprint density at radius 2 is 1.89 bits per heavy atom. The van der Waals surface area contributed by atoms with Crippen LogP contribution in [0.15, 0.2) is 24.3 Å². The number of carbonyl (C=O) groups excluding carboxylic acids is 1. The van der Waals surface area contributed by atoms with E-state index in [0.717, 1.165) is 5.56 Å². The fourth-order valence-electron chi connectivity index (χ4n) is 1.50. The third-order valence-corrected chi connectivity index (χ3v) is 2.77. The van der Waals surface area contributed by atoms with Crippen LogP contribution in [0.5, 0.6) is 5.75 Å². The second kappa shape index (κ2) is 7.41. The molecule has 1 unspecified atom stereocenters. The van der Waals surface area contributed by atoms with E-state index in [1.54, 1.807) is 31.2 Å². The number of aliphatic carboxylic acids is 1. The number of hydrogen-bond acceptors (Lipinski definition) is 4. The van der Waals surface area contributed by atoms with E-state index in [1.165, 1.54) is 7.11 Å². The van der Waals surface area contributed by atoms with E-state index in [9.17, 15) is 9.59 Å². The van der Waals surface area contributed by atoms with Crippen LogP contribution in [-0.4, -0.2) is 30.8 Å². The highest BCUT2D eigenvalue weighted by atomic mass is 16.5. The molecule has 0 fully saturated rings. The molecular weight excluding hydrogens is 248 g/mol. The fourth-order valence-corrected chi connectivity index (χ4v) is 1.50. The van der Waals surface area contributed by atoms with Gasteiger partial charge >= 0.3 is 11.9 Å². The van der Waals surface area contributed by atoms with Gasteiger partial charge in [-0.15, -0.1) is 0 Å². The number of carbonyl (C=O) groups is 2. The maximum Gasteiger partial charge on any atom is 0.310 e. The van der Waals surface area contributed by atoms with Crippen molar-refractivity contribution in [3.8, 4) is 5.75 Å². The number of hydrogen-bond donors (Lipinski definition) is 1. The summed E-state index contributed by atoms with van der Waals surface area (Å²) in [7, 11) is 1.35. The lowest BCUT2D eigenvalue weighted by Gasteiger charge is -2.09. The molecule has 5 nitrogen and oxygen atoms in total. The van der Waals surface area contributed by atoms with Gasteiger partial charge in [0, 0.05) is 6.42 Å². The minimum atomic E-state index is -0.855. The SMILES string of the molecule is COC(=O)CCCOc1ccc(C(C)C(=O)O)cc1. The molecule has 0 bridgehead atoms. The zero-order valence-electron chi connectivity index (χ0n) is 11.1. The summed E-state index contributed by atoms with van der Waals surface area (Å²) in [5.74, 6) is -0.986. The molecule has 0 amide bonds. The van der Waals surface area contributed by atoms with Gasteiger partial charge in [0.1, 0.15) is 5.75 Å². The van der Waals surface area contributed by atoms with E-state index in [2.05, 4.69) is 4.74 Å². The summed E-state index contributed by atoms with van der Waals surface area (Å²) < 4.78 is 9.96. The Labute approximate surface area is 112 Å². The molecule has 1 aromatic rings. The molecule has 104 valence electrons. The van der Waals surface area contributed by atoms with Gasteiger partial charge in [0.05, 0.1) is 19.6 Å². The smallest absolute Gasteiger partial charge is 0.310 e. The molecule has 0 radical (unpaired) electrons. The van der Waals surface area contributed by atoms with Gasteiger partial charge in [0.15, 0.2) is 0 Å². The summed E-state index contributed by atoms with van der Waals surface area (Å²) in [6.07, 6.45) is 0.907. The first-order chi connectivity index (χ1) is 9.04. The van der Waals surface area contributed by atoms with Crippen LogP contribution in [0.1, 0.15) is 31.2 Å². The molecule has 0 aromatic heterocycles. The molecule has 0 spiro atoms. The minimum Gasteiger partial charge on any atom is -0.494 e. The molecular formula is C14H18O5. The van der Waals surface area contributed by atoms with E-state index in [1.807, 2.05) is 0 Å². The second-order valence-electron chi connectivity index (χ2n) is 4.16. The van der Waals surface area contributed by atoms with Crippen LogP contribution in [0.2, 0.25) is 0 Å². The van der Waals surface area contributed by atoms with E-state index in [0.29, 0.717) is 25.2 Å². The number of ether oxygens (including phenoxy) is 2. The highest BCUT2D eigenvalue weighted by Gasteiger charge is 2.13. The van der Waals surface area contributed by atoms with Crippen molar-refractivity contribution in [2.24, 2.45) is 0 Å². The maximum absolute atomic E-state index is 10.9. The highest BCUT2D eigenvalue weighted by Crippen LogP contribution is 2.19. The normalized spacial score (nSPS) is 11.7. The van der Waals surface area contributed by atoms with Crippen molar-refractivity contribution in [2.75, 3.05) is 13.7 Å². The zero-order valence-corrected chi connectivity index (χ0v) is 11.1. The Morgan fingerprint density at radius 1 is 1.26 bits per heavy atom. The number of carboxylic acid groups (broad SMARTS) is 1. The van der Waals surface area contributed by atoms with Crippen molar-refractivity contribution >= 4 is 11.9 Å².